The summed E-state index contributed by atoms with van der Waals surface area (Å²) in [6.45, 7) is 1.75. The van der Waals surface area contributed by atoms with Crippen molar-refractivity contribution in [2.45, 2.75) is 50.7 Å². The van der Waals surface area contributed by atoms with Crippen LogP contribution in [-0.2, 0) is 19.6 Å². The fourth-order valence-corrected chi connectivity index (χ4v) is 6.43. The molecule has 0 bridgehead atoms. The minimum absolute atomic E-state index is 0.0155. The number of aliphatic hydroxyl groups excluding tert-OH is 1. The largest absolute Gasteiger partial charge is 0.493 e. The van der Waals surface area contributed by atoms with E-state index >= 15 is 0 Å². The number of methoxy groups -OCH3 is 3. The van der Waals surface area contributed by atoms with Crippen LogP contribution in [0, 0.1) is 0 Å². The molecule has 2 aliphatic heterocycles. The normalized spacial score (nSPS) is 19.6. The van der Waals surface area contributed by atoms with Gasteiger partial charge in [0.05, 0.1) is 27.4 Å². The Balaban J connectivity index is 1.34. The van der Waals surface area contributed by atoms with Gasteiger partial charge in [0.15, 0.2) is 23.0 Å². The second-order valence-corrected chi connectivity index (χ2v) is 11.1. The van der Waals surface area contributed by atoms with Crippen LogP contribution in [0.25, 0.3) is 0 Å². The molecule has 0 amide bonds. The molecule has 6 rings (SSSR count). The molecule has 1 N–H and O–H groups in total. The Morgan fingerprint density at radius 2 is 1.23 bits per heavy atom. The van der Waals surface area contributed by atoms with E-state index in [1.165, 1.54) is 11.1 Å². The van der Waals surface area contributed by atoms with Gasteiger partial charge >= 0.3 is 0 Å². The third-order valence-electron chi connectivity index (χ3n) is 8.54. The molecular weight excluding hydrogens is 542 g/mol. The number of nitrogens with zero attached hydrogens (tertiary/aromatic N) is 1. The van der Waals surface area contributed by atoms with Crippen molar-refractivity contribution in [2.24, 2.45) is 0 Å². The topological polar surface area (TPSA) is 69.6 Å². The van der Waals surface area contributed by atoms with E-state index in [9.17, 15) is 5.11 Å². The Labute approximate surface area is 253 Å². The lowest BCUT2D eigenvalue weighted by molar-refractivity contribution is -0.00704. The number of hydrogen-bond acceptors (Lipinski definition) is 7. The van der Waals surface area contributed by atoms with Crippen LogP contribution < -0.4 is 23.7 Å². The van der Waals surface area contributed by atoms with Crippen molar-refractivity contribution in [3.8, 4) is 28.7 Å². The van der Waals surface area contributed by atoms with E-state index in [4.69, 9.17) is 23.7 Å². The molecule has 0 radical (unpaired) electrons. The highest BCUT2D eigenvalue weighted by atomic mass is 16.5. The van der Waals surface area contributed by atoms with Crippen LogP contribution in [0.3, 0.4) is 0 Å². The van der Waals surface area contributed by atoms with E-state index < -0.39 is 6.10 Å². The molecule has 0 aromatic heterocycles. The maximum atomic E-state index is 11.2. The molecule has 224 valence electrons. The molecule has 2 heterocycles. The molecular formula is C36H39NO6. The smallest absolute Gasteiger partial charge is 0.203 e. The first-order valence-corrected chi connectivity index (χ1v) is 14.8. The highest BCUT2D eigenvalue weighted by molar-refractivity contribution is 5.55. The number of ether oxygens (including phenoxy) is 5. The molecule has 1 saturated heterocycles. The average molecular weight is 582 g/mol. The van der Waals surface area contributed by atoms with Crippen molar-refractivity contribution >= 4 is 0 Å². The first-order valence-electron chi connectivity index (χ1n) is 14.8. The predicted molar refractivity (Wildman–Crippen MR) is 165 cm³/mol. The van der Waals surface area contributed by atoms with Crippen LogP contribution in [0.4, 0.5) is 0 Å². The molecule has 7 nitrogen and oxygen atoms in total. The number of rotatable bonds is 10. The number of aliphatic hydroxyl groups is 1. The number of fused-ring (bicyclic) bond motifs is 3. The quantitative estimate of drug-likeness (QED) is 0.224. The van der Waals surface area contributed by atoms with Gasteiger partial charge in [0.1, 0.15) is 13.2 Å². The van der Waals surface area contributed by atoms with Crippen LogP contribution in [-0.4, -0.2) is 44.0 Å². The van der Waals surface area contributed by atoms with Gasteiger partial charge in [0.25, 0.3) is 0 Å². The van der Waals surface area contributed by atoms with Gasteiger partial charge in [-0.05, 0) is 71.3 Å². The summed E-state index contributed by atoms with van der Waals surface area (Å²) in [5.74, 6) is 3.24. The summed E-state index contributed by atoms with van der Waals surface area (Å²) in [5, 5.41) is 11.2. The first-order chi connectivity index (χ1) is 21.1. The molecule has 2 aliphatic rings. The van der Waals surface area contributed by atoms with E-state index in [2.05, 4.69) is 41.3 Å². The second kappa shape index (κ2) is 13.0. The van der Waals surface area contributed by atoms with Crippen LogP contribution in [0.5, 0.6) is 28.7 Å². The van der Waals surface area contributed by atoms with Gasteiger partial charge < -0.3 is 28.8 Å². The number of benzene rings is 4. The Morgan fingerprint density at radius 3 is 1.79 bits per heavy atom. The first kappa shape index (κ1) is 28.9. The lowest BCUT2D eigenvalue weighted by Crippen LogP contribution is -2.45. The molecule has 0 spiro atoms. The van der Waals surface area contributed by atoms with Gasteiger partial charge in [0, 0.05) is 18.6 Å². The molecule has 3 atom stereocenters. The Kier molecular flexibility index (Phi) is 8.72. The highest BCUT2D eigenvalue weighted by Crippen LogP contribution is 2.50. The summed E-state index contributed by atoms with van der Waals surface area (Å²) < 4.78 is 29.7. The van der Waals surface area contributed by atoms with E-state index in [1.54, 1.807) is 21.3 Å². The van der Waals surface area contributed by atoms with Crippen LogP contribution in [0.15, 0.2) is 84.9 Å². The van der Waals surface area contributed by atoms with E-state index in [-0.39, 0.29) is 12.1 Å². The SMILES string of the molecule is COc1cc([C@@H]2C[C@@H](O)C[C@H]3c4cc(OCc5ccccc5)c(OCc5ccccc5)cc4CCN23)cc(OC)c1OC. The maximum Gasteiger partial charge on any atom is 0.203 e. The van der Waals surface area contributed by atoms with Gasteiger partial charge in [-0.3, -0.25) is 4.90 Å². The van der Waals surface area contributed by atoms with Gasteiger partial charge in [-0.15, -0.1) is 0 Å². The number of hydrogen-bond donors (Lipinski definition) is 1. The molecule has 4 aromatic rings. The summed E-state index contributed by atoms with van der Waals surface area (Å²) in [5.41, 5.74) is 5.63. The Morgan fingerprint density at radius 1 is 0.674 bits per heavy atom. The zero-order valence-corrected chi connectivity index (χ0v) is 25.0. The fraction of sp³-hybridized carbons (Fsp3) is 0.333. The van der Waals surface area contributed by atoms with Gasteiger partial charge in [0.2, 0.25) is 5.75 Å². The van der Waals surface area contributed by atoms with Crippen LogP contribution in [0.2, 0.25) is 0 Å². The third-order valence-corrected chi connectivity index (χ3v) is 8.54. The Hall–Kier alpha value is -4.20. The van der Waals surface area contributed by atoms with E-state index in [0.29, 0.717) is 49.1 Å². The summed E-state index contributed by atoms with van der Waals surface area (Å²) in [6.07, 6.45) is 1.68. The van der Waals surface area contributed by atoms with Crippen LogP contribution in [0.1, 0.15) is 52.7 Å². The van der Waals surface area contributed by atoms with E-state index in [1.807, 2.05) is 48.5 Å². The zero-order valence-electron chi connectivity index (χ0n) is 25.0. The molecule has 0 aliphatic carbocycles. The molecule has 7 heteroatoms. The van der Waals surface area contributed by atoms with Crippen molar-refractivity contribution in [1.29, 1.82) is 0 Å². The summed E-state index contributed by atoms with van der Waals surface area (Å²) in [4.78, 5) is 2.50. The predicted octanol–water partition coefficient (Wildman–Crippen LogP) is 6.67. The van der Waals surface area contributed by atoms with Crippen LogP contribution >= 0.6 is 0 Å². The monoisotopic (exact) mass is 581 g/mol. The number of piperidine rings is 1. The summed E-state index contributed by atoms with van der Waals surface area (Å²) in [6, 6.07) is 28.6. The molecule has 0 saturated carbocycles. The highest BCUT2D eigenvalue weighted by Gasteiger charge is 2.40. The zero-order chi connectivity index (χ0) is 29.8. The third kappa shape index (κ3) is 6.14. The summed E-state index contributed by atoms with van der Waals surface area (Å²) >= 11 is 0. The van der Waals surface area contributed by atoms with Crippen molar-refractivity contribution in [3.63, 3.8) is 0 Å². The van der Waals surface area contributed by atoms with Crippen molar-refractivity contribution in [1.82, 2.24) is 4.90 Å². The molecule has 43 heavy (non-hydrogen) atoms. The Bertz CT molecular complexity index is 1500. The van der Waals surface area contributed by atoms with Gasteiger partial charge in [-0.1, -0.05) is 60.7 Å². The maximum absolute atomic E-state index is 11.2. The summed E-state index contributed by atoms with van der Waals surface area (Å²) in [7, 11) is 4.87. The molecule has 4 aromatic carbocycles. The fourth-order valence-electron chi connectivity index (χ4n) is 6.43. The van der Waals surface area contributed by atoms with Gasteiger partial charge in [-0.2, -0.15) is 0 Å². The lowest BCUT2D eigenvalue weighted by Gasteiger charge is -2.47. The minimum Gasteiger partial charge on any atom is -0.493 e. The average Bonchev–Trinajstić information content (AvgIpc) is 3.05. The molecule has 1 fully saturated rings. The van der Waals surface area contributed by atoms with Crippen molar-refractivity contribution < 1.29 is 28.8 Å². The van der Waals surface area contributed by atoms with E-state index in [0.717, 1.165) is 35.4 Å². The van der Waals surface area contributed by atoms with Crippen molar-refractivity contribution in [3.05, 3.63) is 113 Å². The standard InChI is InChI=1S/C36H39NO6/c1-39-34-17-27(18-35(40-2)36(34)41-3)30-19-28(38)20-31-29-21-33(43-23-25-12-8-5-9-13-25)32(16-26(29)14-15-37(30)31)42-22-24-10-6-4-7-11-24/h4-13,16-18,21,28,30-31,38H,14-15,19-20,22-23H2,1-3H3/t28-,30+,31+/m1/s1. The van der Waals surface area contributed by atoms with Gasteiger partial charge in [-0.25, -0.2) is 0 Å². The lowest BCUT2D eigenvalue weighted by atomic mass is 9.81. The molecule has 0 unspecified atom stereocenters. The minimum atomic E-state index is -0.459. The van der Waals surface area contributed by atoms with Crippen molar-refractivity contribution in [2.75, 3.05) is 27.9 Å². The second-order valence-electron chi connectivity index (χ2n) is 11.1.